The van der Waals surface area contributed by atoms with Crippen molar-refractivity contribution in [3.63, 3.8) is 0 Å². The van der Waals surface area contributed by atoms with Gasteiger partial charge in [0.05, 0.1) is 33.0 Å². The summed E-state index contributed by atoms with van der Waals surface area (Å²) in [6.07, 6.45) is 1.93. The summed E-state index contributed by atoms with van der Waals surface area (Å²) in [6.45, 7) is 5.76. The Morgan fingerprint density at radius 3 is 1.89 bits per heavy atom. The van der Waals surface area contributed by atoms with Crippen LogP contribution in [0.5, 0.6) is 0 Å². The largest absolute Gasteiger partial charge is 0.394 e. The Bertz CT molecular complexity index is 171. The maximum absolute atomic E-state index is 8.64. The van der Waals surface area contributed by atoms with Gasteiger partial charge >= 0.3 is 0 Å². The lowest BCUT2D eigenvalue weighted by atomic mass is 10.3. The van der Waals surface area contributed by atoms with Gasteiger partial charge in [0.25, 0.3) is 0 Å². The van der Waals surface area contributed by atoms with Crippen molar-refractivity contribution in [1.29, 1.82) is 0 Å². The number of nitrogens with zero attached hydrogens (tertiary/aromatic N) is 1. The van der Waals surface area contributed by atoms with Crippen LogP contribution in [0.3, 0.4) is 0 Å². The number of hydrogen-bond acceptors (Lipinski definition) is 6. The lowest BCUT2D eigenvalue weighted by molar-refractivity contribution is 0.0619. The summed E-state index contributed by atoms with van der Waals surface area (Å²) >= 11 is 0. The smallest absolute Gasteiger partial charge is 0.0698 e. The van der Waals surface area contributed by atoms with Gasteiger partial charge in [0.2, 0.25) is 0 Å². The van der Waals surface area contributed by atoms with Gasteiger partial charge in [-0.15, -0.1) is 0 Å². The van der Waals surface area contributed by atoms with Crippen LogP contribution in [-0.4, -0.2) is 88.1 Å². The molecule has 0 atom stereocenters. The van der Waals surface area contributed by atoms with Crippen molar-refractivity contribution < 1.29 is 24.4 Å². The first-order valence-corrected chi connectivity index (χ1v) is 6.93. The normalized spacial score (nSPS) is 11.4. The fourth-order valence-corrected chi connectivity index (χ4v) is 1.68. The first-order valence-electron chi connectivity index (χ1n) is 6.93. The number of methoxy groups -OCH3 is 1. The van der Waals surface area contributed by atoms with Crippen LogP contribution in [-0.2, 0) is 14.2 Å². The van der Waals surface area contributed by atoms with Crippen molar-refractivity contribution in [2.75, 3.05) is 73.0 Å². The molecule has 0 aromatic carbocycles. The van der Waals surface area contributed by atoms with Gasteiger partial charge < -0.3 is 29.3 Å². The zero-order valence-corrected chi connectivity index (χ0v) is 12.1. The van der Waals surface area contributed by atoms with Gasteiger partial charge in [-0.25, -0.2) is 0 Å². The van der Waals surface area contributed by atoms with E-state index in [1.54, 1.807) is 7.11 Å². The maximum Gasteiger partial charge on any atom is 0.0698 e. The molecule has 0 spiro atoms. The SMILES string of the molecule is COCCCN(CCCOCCO)CCOCCO. The molecular weight excluding hydrogens is 250 g/mol. The number of aliphatic hydroxyl groups excluding tert-OH is 2. The molecule has 0 bridgehead atoms. The standard InChI is InChI=1S/C13H29NO5/c1-17-9-2-4-14(6-11-19-13-8-16)5-3-10-18-12-7-15/h15-16H,2-13H2,1H3. The quantitative estimate of drug-likeness (QED) is 0.402. The Balaban J connectivity index is 3.63. The average molecular weight is 279 g/mol. The van der Waals surface area contributed by atoms with Gasteiger partial charge in [0.1, 0.15) is 0 Å². The Kier molecular flexibility index (Phi) is 15.6. The highest BCUT2D eigenvalue weighted by molar-refractivity contribution is 4.58. The molecule has 0 saturated heterocycles. The van der Waals surface area contributed by atoms with Crippen LogP contribution in [0.25, 0.3) is 0 Å². The van der Waals surface area contributed by atoms with E-state index in [9.17, 15) is 0 Å². The average Bonchev–Trinajstić information content (AvgIpc) is 2.42. The zero-order valence-electron chi connectivity index (χ0n) is 12.1. The van der Waals surface area contributed by atoms with Gasteiger partial charge in [0.15, 0.2) is 0 Å². The molecule has 0 fully saturated rings. The van der Waals surface area contributed by atoms with E-state index in [1.165, 1.54) is 0 Å². The molecule has 0 aromatic heterocycles. The van der Waals surface area contributed by atoms with Crippen LogP contribution in [0.4, 0.5) is 0 Å². The predicted molar refractivity (Wildman–Crippen MR) is 73.4 cm³/mol. The third-order valence-corrected chi connectivity index (χ3v) is 2.61. The van der Waals surface area contributed by atoms with Crippen molar-refractivity contribution in [3.8, 4) is 0 Å². The lowest BCUT2D eigenvalue weighted by Gasteiger charge is -2.22. The minimum Gasteiger partial charge on any atom is -0.394 e. The number of hydrogen-bond donors (Lipinski definition) is 2. The topological polar surface area (TPSA) is 71.4 Å². The summed E-state index contributed by atoms with van der Waals surface area (Å²) in [5.41, 5.74) is 0. The summed E-state index contributed by atoms with van der Waals surface area (Å²) in [7, 11) is 1.71. The van der Waals surface area contributed by atoms with E-state index < -0.39 is 0 Å². The van der Waals surface area contributed by atoms with E-state index in [4.69, 9.17) is 24.4 Å². The van der Waals surface area contributed by atoms with E-state index in [2.05, 4.69) is 4.90 Å². The van der Waals surface area contributed by atoms with E-state index in [-0.39, 0.29) is 13.2 Å². The third kappa shape index (κ3) is 14.0. The molecular formula is C13H29NO5. The minimum absolute atomic E-state index is 0.0681. The fourth-order valence-electron chi connectivity index (χ4n) is 1.68. The molecule has 0 aliphatic carbocycles. The molecule has 0 aromatic rings. The van der Waals surface area contributed by atoms with E-state index in [0.717, 1.165) is 39.1 Å². The Morgan fingerprint density at radius 2 is 1.32 bits per heavy atom. The second-order valence-corrected chi connectivity index (χ2v) is 4.21. The molecule has 116 valence electrons. The van der Waals surface area contributed by atoms with Gasteiger partial charge in [-0.05, 0) is 12.8 Å². The Hall–Kier alpha value is -0.240. The van der Waals surface area contributed by atoms with Crippen molar-refractivity contribution in [3.05, 3.63) is 0 Å². The van der Waals surface area contributed by atoms with Gasteiger partial charge in [0, 0.05) is 40.0 Å². The van der Waals surface area contributed by atoms with Gasteiger partial charge in [-0.3, -0.25) is 0 Å². The van der Waals surface area contributed by atoms with Crippen LogP contribution in [0, 0.1) is 0 Å². The highest BCUT2D eigenvalue weighted by atomic mass is 16.5. The summed E-state index contributed by atoms with van der Waals surface area (Å²) in [5.74, 6) is 0. The minimum atomic E-state index is 0.0681. The van der Waals surface area contributed by atoms with E-state index in [1.807, 2.05) is 0 Å². The number of aliphatic hydroxyl groups is 2. The molecule has 6 nitrogen and oxygen atoms in total. The molecule has 0 aliphatic rings. The van der Waals surface area contributed by atoms with Crippen LogP contribution in [0.2, 0.25) is 0 Å². The summed E-state index contributed by atoms with van der Waals surface area (Å²) < 4.78 is 15.6. The molecule has 0 amide bonds. The molecule has 2 N–H and O–H groups in total. The highest BCUT2D eigenvalue weighted by Gasteiger charge is 2.04. The summed E-state index contributed by atoms with van der Waals surface area (Å²) in [6, 6.07) is 0. The first-order chi connectivity index (χ1) is 9.35. The van der Waals surface area contributed by atoms with Crippen LogP contribution in [0.1, 0.15) is 12.8 Å². The van der Waals surface area contributed by atoms with Crippen LogP contribution >= 0.6 is 0 Å². The second-order valence-electron chi connectivity index (χ2n) is 4.21. The Labute approximate surface area is 116 Å². The third-order valence-electron chi connectivity index (χ3n) is 2.61. The summed E-state index contributed by atoms with van der Waals surface area (Å²) in [5, 5.41) is 17.2. The lowest BCUT2D eigenvalue weighted by Crippen LogP contribution is -2.31. The molecule has 0 heterocycles. The van der Waals surface area contributed by atoms with Crippen molar-refractivity contribution in [2.24, 2.45) is 0 Å². The van der Waals surface area contributed by atoms with Crippen molar-refractivity contribution in [1.82, 2.24) is 4.90 Å². The monoisotopic (exact) mass is 279 g/mol. The molecule has 0 radical (unpaired) electrons. The molecule has 0 saturated carbocycles. The molecule has 0 aliphatic heterocycles. The van der Waals surface area contributed by atoms with Crippen LogP contribution < -0.4 is 0 Å². The van der Waals surface area contributed by atoms with Crippen LogP contribution in [0.15, 0.2) is 0 Å². The predicted octanol–water partition coefficient (Wildman–Crippen LogP) is -0.267. The number of rotatable bonds is 15. The van der Waals surface area contributed by atoms with Gasteiger partial charge in [-0.2, -0.15) is 0 Å². The maximum atomic E-state index is 8.64. The fraction of sp³-hybridized carbons (Fsp3) is 1.00. The molecule has 19 heavy (non-hydrogen) atoms. The van der Waals surface area contributed by atoms with E-state index in [0.29, 0.717) is 26.4 Å². The van der Waals surface area contributed by atoms with Gasteiger partial charge in [-0.1, -0.05) is 0 Å². The molecule has 0 unspecified atom stereocenters. The Morgan fingerprint density at radius 1 is 0.737 bits per heavy atom. The molecule has 6 heteroatoms. The summed E-state index contributed by atoms with van der Waals surface area (Å²) in [4.78, 5) is 2.30. The molecule has 0 rings (SSSR count). The zero-order chi connectivity index (χ0) is 14.2. The highest BCUT2D eigenvalue weighted by Crippen LogP contribution is 1.96. The van der Waals surface area contributed by atoms with Crippen molar-refractivity contribution in [2.45, 2.75) is 12.8 Å². The van der Waals surface area contributed by atoms with Crippen molar-refractivity contribution >= 4 is 0 Å². The second kappa shape index (κ2) is 15.8. The van der Waals surface area contributed by atoms with E-state index >= 15 is 0 Å². The first kappa shape index (κ1) is 18.8. The number of ether oxygens (including phenoxy) is 3.